The molecule has 0 spiro atoms. The van der Waals surface area contributed by atoms with Crippen LogP contribution in [0.1, 0.15) is 373 Å². The van der Waals surface area contributed by atoms with E-state index in [-0.39, 0.29) is 25.2 Å². The molecule has 1 unspecified atom stereocenters. The number of aliphatic hydroxyl groups is 1. The van der Waals surface area contributed by atoms with Gasteiger partial charge in [0.25, 0.3) is 0 Å². The van der Waals surface area contributed by atoms with Crippen molar-refractivity contribution in [3.63, 3.8) is 0 Å². The predicted octanol–water partition coefficient (Wildman–Crippen LogP) is 24.7. The average Bonchev–Trinajstić information content (AvgIpc) is 3.46. The molecule has 466 valence electrons. The Labute approximate surface area is 499 Å². The van der Waals surface area contributed by atoms with Gasteiger partial charge in [-0.2, -0.15) is 0 Å². The molecule has 0 aromatic rings. The van der Waals surface area contributed by atoms with Crippen molar-refractivity contribution >= 4 is 11.9 Å². The molecule has 0 bridgehead atoms. The number of aliphatic hydroxyl groups excluding tert-OH is 1. The second-order valence-corrected chi connectivity index (χ2v) is 23.9. The summed E-state index contributed by atoms with van der Waals surface area (Å²) in [6, 6.07) is 0. The molecule has 0 aliphatic heterocycles. The van der Waals surface area contributed by atoms with Crippen molar-refractivity contribution in [1.82, 2.24) is 0 Å². The van der Waals surface area contributed by atoms with Crippen LogP contribution in [0, 0.1) is 0 Å². The Morgan fingerprint density at radius 3 is 0.812 bits per heavy atom. The minimum Gasteiger partial charge on any atom is -0.462 e. The van der Waals surface area contributed by atoms with E-state index in [1.807, 2.05) is 0 Å². The Bertz CT molecular complexity index is 1400. The number of carbonyl (C=O) groups excluding carboxylic acids is 2. The maximum absolute atomic E-state index is 12.4. The first-order chi connectivity index (χ1) is 39.6. The molecule has 0 rings (SSSR count). The molecule has 0 aromatic heterocycles. The third-order valence-corrected chi connectivity index (χ3v) is 16.0. The summed E-state index contributed by atoms with van der Waals surface area (Å²) in [5.74, 6) is -0.567. The fraction of sp³-hybridized carbons (Fsp3) is 0.813. The van der Waals surface area contributed by atoms with Crippen LogP contribution in [-0.2, 0) is 19.1 Å². The van der Waals surface area contributed by atoms with E-state index in [0.717, 1.165) is 70.6 Å². The molecule has 5 nitrogen and oxygen atoms in total. The van der Waals surface area contributed by atoms with Gasteiger partial charge >= 0.3 is 11.9 Å². The van der Waals surface area contributed by atoms with Crippen LogP contribution < -0.4 is 0 Å². The molecule has 1 N–H and O–H groups in total. The van der Waals surface area contributed by atoms with Gasteiger partial charge in [0.15, 0.2) is 6.10 Å². The Morgan fingerprint density at radius 2 is 0.537 bits per heavy atom. The van der Waals surface area contributed by atoms with Crippen molar-refractivity contribution in [3.8, 4) is 0 Å². The topological polar surface area (TPSA) is 72.8 Å². The minimum atomic E-state index is -0.771. The first kappa shape index (κ1) is 77.3. The van der Waals surface area contributed by atoms with E-state index in [1.54, 1.807) is 0 Å². The summed E-state index contributed by atoms with van der Waals surface area (Å²) in [5, 5.41) is 9.70. The normalized spacial score (nSPS) is 12.6. The molecule has 0 aliphatic rings. The average molecular weight is 1120 g/mol. The standard InChI is InChI=1S/C75H136O5/c1-3-5-7-9-11-13-15-17-19-21-23-25-27-29-30-31-32-33-34-35-36-37-38-39-40-41-42-43-44-46-48-50-52-54-56-58-60-62-64-66-68-70-75(78)80-73(71-76)72-79-74(77)69-67-65-63-61-59-57-55-53-51-49-47-45-28-26-24-22-20-18-16-14-12-10-8-6-4-2/h5,7,11,13,17,19,23,25,29-30,32-33,73,76H,3-4,6,8-10,12,14-16,18,20-22,24,26-28,31,34-72H2,1-2H3/b7-5-,13-11-,19-17-,25-23-,30-29-,33-32-. The lowest BCUT2D eigenvalue weighted by molar-refractivity contribution is -0.161. The second-order valence-electron chi connectivity index (χ2n) is 23.9. The monoisotopic (exact) mass is 1120 g/mol. The van der Waals surface area contributed by atoms with Gasteiger partial charge in [0.2, 0.25) is 0 Å². The molecule has 5 heteroatoms. The Morgan fingerprint density at radius 1 is 0.300 bits per heavy atom. The van der Waals surface area contributed by atoms with E-state index >= 15 is 0 Å². The maximum Gasteiger partial charge on any atom is 0.306 e. The SMILES string of the molecule is CC/C=C\C/C=C\C/C=C\C/C=C\C/C=C\C/C=C\CCCCCCCCCCCCCCCCCCCCCCCCC(=O)OC(CO)COC(=O)CCCCCCCCCCCCCCCCCCCCCCCCCCC. The highest BCUT2D eigenvalue weighted by molar-refractivity contribution is 5.70. The smallest absolute Gasteiger partial charge is 0.306 e. The molecule has 1 atom stereocenters. The van der Waals surface area contributed by atoms with E-state index in [0.29, 0.717) is 12.8 Å². The van der Waals surface area contributed by atoms with E-state index in [2.05, 4.69) is 86.8 Å². The van der Waals surface area contributed by atoms with Gasteiger partial charge in [-0.1, -0.05) is 369 Å². The zero-order chi connectivity index (χ0) is 57.6. The number of hydrogen-bond donors (Lipinski definition) is 1. The van der Waals surface area contributed by atoms with E-state index in [4.69, 9.17) is 9.47 Å². The van der Waals surface area contributed by atoms with Gasteiger partial charge in [-0.05, 0) is 64.2 Å². The second kappa shape index (κ2) is 70.6. The highest BCUT2D eigenvalue weighted by atomic mass is 16.6. The van der Waals surface area contributed by atoms with Crippen molar-refractivity contribution in [1.29, 1.82) is 0 Å². The van der Waals surface area contributed by atoms with Crippen molar-refractivity contribution in [3.05, 3.63) is 72.9 Å². The molecule has 0 saturated carbocycles. The van der Waals surface area contributed by atoms with Crippen molar-refractivity contribution in [2.24, 2.45) is 0 Å². The van der Waals surface area contributed by atoms with Gasteiger partial charge in [0.1, 0.15) is 6.61 Å². The quantitative estimate of drug-likeness (QED) is 0.0373. The van der Waals surface area contributed by atoms with Crippen LogP contribution in [0.25, 0.3) is 0 Å². The lowest BCUT2D eigenvalue weighted by Crippen LogP contribution is -2.28. The fourth-order valence-electron chi connectivity index (χ4n) is 10.7. The third kappa shape index (κ3) is 67.8. The highest BCUT2D eigenvalue weighted by Gasteiger charge is 2.16. The zero-order valence-corrected chi connectivity index (χ0v) is 53.6. The predicted molar refractivity (Wildman–Crippen MR) is 353 cm³/mol. The molecule has 0 radical (unpaired) electrons. The largest absolute Gasteiger partial charge is 0.462 e. The zero-order valence-electron chi connectivity index (χ0n) is 53.6. The summed E-state index contributed by atoms with van der Waals surface area (Å²) in [6.45, 7) is 4.08. The lowest BCUT2D eigenvalue weighted by Gasteiger charge is -2.15. The van der Waals surface area contributed by atoms with Gasteiger partial charge in [-0.3, -0.25) is 9.59 Å². The summed E-state index contributed by atoms with van der Waals surface area (Å²) in [5.41, 5.74) is 0. The third-order valence-electron chi connectivity index (χ3n) is 16.0. The molecular formula is C75H136O5. The molecule has 0 saturated heterocycles. The Kier molecular flexibility index (Phi) is 68.3. The van der Waals surface area contributed by atoms with Gasteiger partial charge in [-0.15, -0.1) is 0 Å². The van der Waals surface area contributed by atoms with Gasteiger partial charge in [0, 0.05) is 12.8 Å². The first-order valence-corrected chi connectivity index (χ1v) is 35.5. The number of ether oxygens (including phenoxy) is 2. The van der Waals surface area contributed by atoms with E-state index < -0.39 is 6.10 Å². The molecule has 80 heavy (non-hydrogen) atoms. The number of carbonyl (C=O) groups is 2. The number of rotatable bonds is 66. The minimum absolute atomic E-state index is 0.0599. The van der Waals surface area contributed by atoms with Gasteiger partial charge < -0.3 is 14.6 Å². The van der Waals surface area contributed by atoms with Crippen LogP contribution in [0.4, 0.5) is 0 Å². The summed E-state index contributed by atoms with van der Waals surface area (Å²) in [6.07, 6.45) is 98.0. The number of unbranched alkanes of at least 4 members (excludes halogenated alkanes) is 46. The van der Waals surface area contributed by atoms with Crippen LogP contribution >= 0.6 is 0 Å². The maximum atomic E-state index is 12.4. The summed E-state index contributed by atoms with van der Waals surface area (Å²) in [7, 11) is 0. The van der Waals surface area contributed by atoms with Crippen LogP contribution in [0.3, 0.4) is 0 Å². The fourth-order valence-corrected chi connectivity index (χ4v) is 10.7. The molecular weight excluding hydrogens is 981 g/mol. The highest BCUT2D eigenvalue weighted by Crippen LogP contribution is 2.19. The molecule has 0 fully saturated rings. The van der Waals surface area contributed by atoms with Crippen LogP contribution in [-0.4, -0.2) is 36.4 Å². The molecule has 0 heterocycles. The van der Waals surface area contributed by atoms with Crippen LogP contribution in [0.2, 0.25) is 0 Å². The van der Waals surface area contributed by atoms with Crippen molar-refractivity contribution < 1.29 is 24.2 Å². The summed E-state index contributed by atoms with van der Waals surface area (Å²) < 4.78 is 10.8. The van der Waals surface area contributed by atoms with Crippen LogP contribution in [0.15, 0.2) is 72.9 Å². The first-order valence-electron chi connectivity index (χ1n) is 35.5. The van der Waals surface area contributed by atoms with E-state index in [1.165, 1.54) is 276 Å². The van der Waals surface area contributed by atoms with Crippen molar-refractivity contribution in [2.75, 3.05) is 13.2 Å². The lowest BCUT2D eigenvalue weighted by atomic mass is 10.0. The number of esters is 2. The number of allylic oxidation sites excluding steroid dienone is 12. The molecule has 0 aromatic carbocycles. The Hall–Kier alpha value is -2.66. The Balaban J connectivity index is 3.40. The number of hydrogen-bond acceptors (Lipinski definition) is 5. The summed E-state index contributed by atoms with van der Waals surface area (Å²) in [4.78, 5) is 24.6. The van der Waals surface area contributed by atoms with Gasteiger partial charge in [-0.25, -0.2) is 0 Å². The molecule has 0 amide bonds. The van der Waals surface area contributed by atoms with Crippen LogP contribution in [0.5, 0.6) is 0 Å². The summed E-state index contributed by atoms with van der Waals surface area (Å²) >= 11 is 0. The molecule has 0 aliphatic carbocycles. The van der Waals surface area contributed by atoms with Gasteiger partial charge in [0.05, 0.1) is 6.61 Å². The van der Waals surface area contributed by atoms with E-state index in [9.17, 15) is 14.7 Å². The van der Waals surface area contributed by atoms with Crippen molar-refractivity contribution in [2.45, 2.75) is 380 Å².